The number of H-pyrrole nitrogens is 1. The standard InChI is InChI=1S/C9H13N2O8PS/c12-5-1-2-11(9(21)10-5)8-7(14)6(13)4(19-8)3-18-20(15,16)17/h1-2,4,6-8,13-14H,3H2,(H,10,12,21)(H2,15,16,17)/t4-,6?,7?,8-/m0/s1. The van der Waals surface area contributed by atoms with Gasteiger partial charge in [0.05, 0.1) is 6.61 Å². The summed E-state index contributed by atoms with van der Waals surface area (Å²) >= 11 is 4.91. The monoisotopic (exact) mass is 340 g/mol. The minimum Gasteiger partial charge on any atom is -0.387 e. The number of aromatic amines is 1. The maximum absolute atomic E-state index is 11.1. The van der Waals surface area contributed by atoms with E-state index in [1.165, 1.54) is 10.8 Å². The average Bonchev–Trinajstić information content (AvgIpc) is 2.64. The molecule has 1 aromatic heterocycles. The van der Waals surface area contributed by atoms with Crippen LogP contribution in [0.4, 0.5) is 0 Å². The Morgan fingerprint density at radius 1 is 1.43 bits per heavy atom. The quantitative estimate of drug-likeness (QED) is 0.330. The Morgan fingerprint density at radius 2 is 2.10 bits per heavy atom. The number of aromatic nitrogens is 2. The second-order valence-electron chi connectivity index (χ2n) is 4.35. The van der Waals surface area contributed by atoms with Crippen LogP contribution in [0, 0.1) is 4.77 Å². The lowest BCUT2D eigenvalue weighted by Gasteiger charge is -2.17. The molecule has 5 N–H and O–H groups in total. The highest BCUT2D eigenvalue weighted by Gasteiger charge is 2.44. The van der Waals surface area contributed by atoms with E-state index in [4.69, 9.17) is 26.7 Å². The molecule has 0 amide bonds. The molecule has 0 saturated carbocycles. The lowest BCUT2D eigenvalue weighted by Crippen LogP contribution is -2.33. The summed E-state index contributed by atoms with van der Waals surface area (Å²) in [6, 6.07) is 1.15. The Morgan fingerprint density at radius 3 is 2.67 bits per heavy atom. The minimum atomic E-state index is -4.72. The van der Waals surface area contributed by atoms with E-state index in [2.05, 4.69) is 9.51 Å². The number of phosphoric ester groups is 1. The van der Waals surface area contributed by atoms with Crippen LogP contribution in [0.25, 0.3) is 0 Å². The van der Waals surface area contributed by atoms with Crippen LogP contribution in [0.3, 0.4) is 0 Å². The molecule has 2 unspecified atom stereocenters. The van der Waals surface area contributed by atoms with Crippen molar-refractivity contribution in [2.45, 2.75) is 24.5 Å². The molecule has 1 saturated heterocycles. The van der Waals surface area contributed by atoms with Crippen LogP contribution in [0.1, 0.15) is 6.23 Å². The summed E-state index contributed by atoms with van der Waals surface area (Å²) < 4.78 is 21.3. The third kappa shape index (κ3) is 3.84. The van der Waals surface area contributed by atoms with Gasteiger partial charge >= 0.3 is 7.82 Å². The maximum Gasteiger partial charge on any atom is 0.469 e. The van der Waals surface area contributed by atoms with Crippen molar-refractivity contribution < 1.29 is 33.8 Å². The van der Waals surface area contributed by atoms with Crippen molar-refractivity contribution in [3.05, 3.63) is 27.4 Å². The third-order valence-electron chi connectivity index (χ3n) is 2.87. The largest absolute Gasteiger partial charge is 0.469 e. The Hall–Kier alpha value is -0.910. The van der Waals surface area contributed by atoms with Crippen molar-refractivity contribution in [3.63, 3.8) is 0 Å². The molecule has 1 aliphatic rings. The molecule has 12 heteroatoms. The highest BCUT2D eigenvalue weighted by atomic mass is 32.1. The van der Waals surface area contributed by atoms with E-state index in [0.717, 1.165) is 6.07 Å². The minimum absolute atomic E-state index is 0.0321. The summed E-state index contributed by atoms with van der Waals surface area (Å²) in [5.41, 5.74) is -0.439. The molecule has 10 nitrogen and oxygen atoms in total. The molecule has 0 spiro atoms. The van der Waals surface area contributed by atoms with Gasteiger partial charge in [0.2, 0.25) is 0 Å². The zero-order chi connectivity index (χ0) is 15.8. The van der Waals surface area contributed by atoms with Crippen LogP contribution in [-0.2, 0) is 13.8 Å². The van der Waals surface area contributed by atoms with Crippen LogP contribution in [0.15, 0.2) is 17.1 Å². The Labute approximate surface area is 122 Å². The lowest BCUT2D eigenvalue weighted by atomic mass is 10.1. The molecule has 21 heavy (non-hydrogen) atoms. The summed E-state index contributed by atoms with van der Waals surface area (Å²) in [5.74, 6) is 0. The number of nitrogens with one attached hydrogen (secondary N) is 1. The molecule has 2 heterocycles. The number of aliphatic hydroxyl groups is 2. The molecule has 1 aromatic rings. The Bertz CT molecular complexity index is 668. The van der Waals surface area contributed by atoms with Gasteiger partial charge in [0.1, 0.15) is 18.3 Å². The Balaban J connectivity index is 2.18. The van der Waals surface area contributed by atoms with E-state index >= 15 is 0 Å². The predicted octanol–water partition coefficient (Wildman–Crippen LogP) is -1.37. The number of rotatable bonds is 4. The number of ether oxygens (including phenoxy) is 1. The van der Waals surface area contributed by atoms with Gasteiger partial charge in [-0.05, 0) is 12.2 Å². The molecule has 2 rings (SSSR count). The zero-order valence-corrected chi connectivity index (χ0v) is 12.1. The van der Waals surface area contributed by atoms with Gasteiger partial charge in [0.25, 0.3) is 5.56 Å². The first kappa shape index (κ1) is 16.5. The van der Waals surface area contributed by atoms with E-state index in [1.807, 2.05) is 0 Å². The third-order valence-corrected chi connectivity index (χ3v) is 3.67. The van der Waals surface area contributed by atoms with E-state index in [1.54, 1.807) is 0 Å². The number of phosphoric acid groups is 1. The first-order valence-corrected chi connectivity index (χ1v) is 7.66. The molecule has 1 aliphatic heterocycles. The van der Waals surface area contributed by atoms with Gasteiger partial charge in [0, 0.05) is 12.3 Å². The average molecular weight is 340 g/mol. The van der Waals surface area contributed by atoms with Crippen molar-refractivity contribution in [1.29, 1.82) is 0 Å². The fourth-order valence-electron chi connectivity index (χ4n) is 1.89. The van der Waals surface area contributed by atoms with Crippen LogP contribution in [0.5, 0.6) is 0 Å². The molecule has 1 fully saturated rings. The normalized spacial score (nSPS) is 29.7. The zero-order valence-electron chi connectivity index (χ0n) is 10.4. The van der Waals surface area contributed by atoms with Gasteiger partial charge in [-0.2, -0.15) is 0 Å². The van der Waals surface area contributed by atoms with Crippen LogP contribution < -0.4 is 5.56 Å². The van der Waals surface area contributed by atoms with E-state index in [-0.39, 0.29) is 4.77 Å². The first-order valence-electron chi connectivity index (χ1n) is 5.72. The van der Waals surface area contributed by atoms with Crippen molar-refractivity contribution in [2.75, 3.05) is 6.61 Å². The highest BCUT2D eigenvalue weighted by molar-refractivity contribution is 7.71. The number of nitrogens with zero attached hydrogens (tertiary/aromatic N) is 1. The molecule has 118 valence electrons. The van der Waals surface area contributed by atoms with Crippen molar-refractivity contribution in [1.82, 2.24) is 9.55 Å². The van der Waals surface area contributed by atoms with Crippen LogP contribution >= 0.6 is 20.0 Å². The molecule has 4 atom stereocenters. The summed E-state index contributed by atoms with van der Waals surface area (Å²) in [4.78, 5) is 30.6. The SMILES string of the molecule is O=c1ccn([C@H]2O[C@@H](COP(=O)(O)O)C(O)C2O)c(=S)[nH]1. The molecule has 0 radical (unpaired) electrons. The van der Waals surface area contributed by atoms with Crippen molar-refractivity contribution in [3.8, 4) is 0 Å². The van der Waals surface area contributed by atoms with Gasteiger partial charge in [-0.15, -0.1) is 0 Å². The molecular weight excluding hydrogens is 327 g/mol. The van der Waals surface area contributed by atoms with Gasteiger partial charge < -0.3 is 24.7 Å². The second-order valence-corrected chi connectivity index (χ2v) is 5.98. The summed E-state index contributed by atoms with van der Waals surface area (Å²) in [7, 11) is -4.72. The fourth-order valence-corrected chi connectivity index (χ4v) is 2.50. The topological polar surface area (TPSA) is 154 Å². The van der Waals surface area contributed by atoms with E-state index in [0.29, 0.717) is 0 Å². The van der Waals surface area contributed by atoms with Crippen LogP contribution in [0.2, 0.25) is 0 Å². The molecular formula is C9H13N2O8PS. The fraction of sp³-hybridized carbons (Fsp3) is 0.556. The number of hydrogen-bond acceptors (Lipinski definition) is 7. The summed E-state index contributed by atoms with van der Waals surface area (Å²) in [6.45, 7) is -0.615. The summed E-state index contributed by atoms with van der Waals surface area (Å²) in [5, 5.41) is 19.7. The molecule has 0 aromatic carbocycles. The second kappa shape index (κ2) is 6.07. The molecule has 0 bridgehead atoms. The van der Waals surface area contributed by atoms with Gasteiger partial charge in [-0.25, -0.2) is 4.57 Å². The highest BCUT2D eigenvalue weighted by Crippen LogP contribution is 2.38. The maximum atomic E-state index is 11.1. The summed E-state index contributed by atoms with van der Waals surface area (Å²) in [6.07, 6.45) is -3.85. The first-order chi connectivity index (χ1) is 9.69. The number of hydrogen-bond donors (Lipinski definition) is 5. The molecule has 0 aliphatic carbocycles. The van der Waals surface area contributed by atoms with Crippen molar-refractivity contribution >= 4 is 20.0 Å². The van der Waals surface area contributed by atoms with Crippen LogP contribution in [-0.4, -0.2) is 54.5 Å². The van der Waals surface area contributed by atoms with E-state index in [9.17, 15) is 19.6 Å². The van der Waals surface area contributed by atoms with E-state index < -0.39 is 44.5 Å². The van der Waals surface area contributed by atoms with Crippen molar-refractivity contribution in [2.24, 2.45) is 0 Å². The Kier molecular flexibility index (Phi) is 4.76. The number of aliphatic hydroxyl groups excluding tert-OH is 2. The van der Waals surface area contributed by atoms with Gasteiger partial charge in [-0.3, -0.25) is 18.9 Å². The smallest absolute Gasteiger partial charge is 0.387 e. The van der Waals surface area contributed by atoms with Gasteiger partial charge in [-0.1, -0.05) is 0 Å². The van der Waals surface area contributed by atoms with Gasteiger partial charge in [0.15, 0.2) is 11.0 Å². The predicted molar refractivity (Wildman–Crippen MR) is 69.8 cm³/mol. The lowest BCUT2D eigenvalue weighted by molar-refractivity contribution is -0.0534.